The van der Waals surface area contributed by atoms with E-state index in [4.69, 9.17) is 27.9 Å². The van der Waals surface area contributed by atoms with Crippen molar-refractivity contribution in [3.8, 4) is 5.75 Å². The Bertz CT molecular complexity index is 644. The maximum Gasteiger partial charge on any atom is 0.258 e. The van der Waals surface area contributed by atoms with E-state index in [-0.39, 0.29) is 12.5 Å². The molecule has 1 amide bonds. The van der Waals surface area contributed by atoms with Crippen molar-refractivity contribution in [3.63, 3.8) is 0 Å². The number of benzene rings is 2. The fourth-order valence-electron chi connectivity index (χ4n) is 1.82. The van der Waals surface area contributed by atoms with Crippen molar-refractivity contribution in [1.29, 1.82) is 0 Å². The molecule has 1 N–H and O–H groups in total. The molecule has 110 valence electrons. The van der Waals surface area contributed by atoms with E-state index in [9.17, 15) is 4.79 Å². The molecular formula is C16H15Cl2NO2. The molecule has 21 heavy (non-hydrogen) atoms. The average Bonchev–Trinajstić information content (AvgIpc) is 2.44. The number of amides is 1. The number of aryl methyl sites for hydroxylation is 1. The smallest absolute Gasteiger partial charge is 0.258 e. The summed E-state index contributed by atoms with van der Waals surface area (Å²) in [4.78, 5) is 11.8. The van der Waals surface area contributed by atoms with Crippen LogP contribution < -0.4 is 10.1 Å². The van der Waals surface area contributed by atoms with Crippen LogP contribution >= 0.6 is 23.2 Å². The second-order valence-corrected chi connectivity index (χ2v) is 5.48. The van der Waals surface area contributed by atoms with Gasteiger partial charge in [-0.15, -0.1) is 0 Å². The first-order chi connectivity index (χ1) is 10.0. The molecule has 0 aliphatic carbocycles. The molecule has 0 atom stereocenters. The number of rotatable bonds is 5. The van der Waals surface area contributed by atoms with E-state index in [2.05, 4.69) is 5.32 Å². The first-order valence-electron chi connectivity index (χ1n) is 6.44. The Labute approximate surface area is 133 Å². The molecular weight excluding hydrogens is 309 g/mol. The second-order valence-electron chi connectivity index (χ2n) is 4.61. The summed E-state index contributed by atoms with van der Waals surface area (Å²) in [5.41, 5.74) is 1.84. The van der Waals surface area contributed by atoms with Gasteiger partial charge in [-0.1, -0.05) is 35.3 Å². The Balaban J connectivity index is 1.82. The van der Waals surface area contributed by atoms with Crippen LogP contribution in [-0.2, 0) is 11.3 Å². The third kappa shape index (κ3) is 4.96. The lowest BCUT2D eigenvalue weighted by molar-refractivity contribution is -0.123. The fourth-order valence-corrected chi connectivity index (χ4v) is 2.26. The highest BCUT2D eigenvalue weighted by Gasteiger charge is 2.05. The number of nitrogens with one attached hydrogen (secondary N) is 1. The SMILES string of the molecule is Cc1cc(Cl)ccc1OCC(=O)NCc1cccc(Cl)c1. The number of carbonyl (C=O) groups is 1. The van der Waals surface area contributed by atoms with E-state index in [1.54, 1.807) is 24.3 Å². The average molecular weight is 324 g/mol. The highest BCUT2D eigenvalue weighted by Crippen LogP contribution is 2.21. The second kappa shape index (κ2) is 7.34. The van der Waals surface area contributed by atoms with Crippen LogP contribution in [-0.4, -0.2) is 12.5 Å². The van der Waals surface area contributed by atoms with Crippen LogP contribution in [0.1, 0.15) is 11.1 Å². The van der Waals surface area contributed by atoms with Gasteiger partial charge in [-0.05, 0) is 48.4 Å². The zero-order chi connectivity index (χ0) is 15.2. The van der Waals surface area contributed by atoms with Gasteiger partial charge in [0, 0.05) is 16.6 Å². The van der Waals surface area contributed by atoms with Gasteiger partial charge in [0.15, 0.2) is 6.61 Å². The topological polar surface area (TPSA) is 38.3 Å². The zero-order valence-corrected chi connectivity index (χ0v) is 13.0. The molecule has 0 heterocycles. The Morgan fingerprint density at radius 1 is 1.14 bits per heavy atom. The van der Waals surface area contributed by atoms with E-state index in [1.807, 2.05) is 25.1 Å². The molecule has 2 aromatic rings. The highest BCUT2D eigenvalue weighted by molar-refractivity contribution is 6.30. The number of ether oxygens (including phenoxy) is 1. The molecule has 0 saturated carbocycles. The van der Waals surface area contributed by atoms with Gasteiger partial charge in [0.25, 0.3) is 5.91 Å². The Hall–Kier alpha value is -1.71. The van der Waals surface area contributed by atoms with Gasteiger partial charge in [0.2, 0.25) is 0 Å². The van der Waals surface area contributed by atoms with Gasteiger partial charge in [-0.2, -0.15) is 0 Å². The van der Waals surface area contributed by atoms with Crippen molar-refractivity contribution in [2.45, 2.75) is 13.5 Å². The minimum absolute atomic E-state index is 0.0387. The molecule has 0 bridgehead atoms. The molecule has 0 fully saturated rings. The molecule has 0 aromatic heterocycles. The minimum atomic E-state index is -0.190. The molecule has 2 rings (SSSR count). The molecule has 2 aromatic carbocycles. The summed E-state index contributed by atoms with van der Waals surface area (Å²) in [7, 11) is 0. The number of carbonyl (C=O) groups excluding carboxylic acids is 1. The first kappa shape index (κ1) is 15.7. The van der Waals surface area contributed by atoms with Crippen LogP contribution in [0.2, 0.25) is 10.0 Å². The van der Waals surface area contributed by atoms with Crippen molar-refractivity contribution in [2.75, 3.05) is 6.61 Å². The maximum absolute atomic E-state index is 11.8. The summed E-state index contributed by atoms with van der Waals surface area (Å²) < 4.78 is 5.47. The third-order valence-corrected chi connectivity index (χ3v) is 3.34. The molecule has 5 heteroatoms. The Kier molecular flexibility index (Phi) is 5.48. The summed E-state index contributed by atoms with van der Waals surface area (Å²) in [6.45, 7) is 2.26. The van der Waals surface area contributed by atoms with Crippen LogP contribution in [0.4, 0.5) is 0 Å². The van der Waals surface area contributed by atoms with Gasteiger partial charge in [-0.25, -0.2) is 0 Å². The Morgan fingerprint density at radius 2 is 1.90 bits per heavy atom. The van der Waals surface area contributed by atoms with Crippen molar-refractivity contribution >= 4 is 29.1 Å². The minimum Gasteiger partial charge on any atom is -0.484 e. The van der Waals surface area contributed by atoms with Crippen LogP contribution in [0.5, 0.6) is 5.75 Å². The summed E-state index contributed by atoms with van der Waals surface area (Å²) >= 11 is 11.7. The van der Waals surface area contributed by atoms with Crippen molar-refractivity contribution < 1.29 is 9.53 Å². The molecule has 0 aliphatic rings. The van der Waals surface area contributed by atoms with Crippen molar-refractivity contribution in [3.05, 3.63) is 63.6 Å². The molecule has 0 aliphatic heterocycles. The predicted molar refractivity (Wildman–Crippen MR) is 85.0 cm³/mol. The molecule has 0 unspecified atom stereocenters. The lowest BCUT2D eigenvalue weighted by Crippen LogP contribution is -2.28. The lowest BCUT2D eigenvalue weighted by atomic mass is 10.2. The Morgan fingerprint density at radius 3 is 2.62 bits per heavy atom. The van der Waals surface area contributed by atoms with E-state index in [0.717, 1.165) is 11.1 Å². The third-order valence-electron chi connectivity index (χ3n) is 2.87. The quantitative estimate of drug-likeness (QED) is 0.903. The summed E-state index contributed by atoms with van der Waals surface area (Å²) in [6, 6.07) is 12.6. The number of hydrogen-bond donors (Lipinski definition) is 1. The van der Waals surface area contributed by atoms with E-state index < -0.39 is 0 Å². The summed E-state index contributed by atoms with van der Waals surface area (Å²) in [5.74, 6) is 0.460. The standard InChI is InChI=1S/C16H15Cl2NO2/c1-11-7-14(18)5-6-15(11)21-10-16(20)19-9-12-3-2-4-13(17)8-12/h2-8H,9-10H2,1H3,(H,19,20). The maximum atomic E-state index is 11.8. The molecule has 0 saturated heterocycles. The summed E-state index contributed by atoms with van der Waals surface area (Å²) in [5, 5.41) is 4.07. The van der Waals surface area contributed by atoms with Gasteiger partial charge in [0.05, 0.1) is 0 Å². The van der Waals surface area contributed by atoms with E-state index in [0.29, 0.717) is 22.3 Å². The normalized spacial score (nSPS) is 10.2. The molecule has 0 radical (unpaired) electrons. The fraction of sp³-hybridized carbons (Fsp3) is 0.188. The van der Waals surface area contributed by atoms with E-state index >= 15 is 0 Å². The summed E-state index contributed by atoms with van der Waals surface area (Å²) in [6.07, 6.45) is 0. The van der Waals surface area contributed by atoms with Gasteiger partial charge >= 0.3 is 0 Å². The van der Waals surface area contributed by atoms with Gasteiger partial charge < -0.3 is 10.1 Å². The monoisotopic (exact) mass is 323 g/mol. The number of hydrogen-bond acceptors (Lipinski definition) is 2. The largest absolute Gasteiger partial charge is 0.484 e. The lowest BCUT2D eigenvalue weighted by Gasteiger charge is -2.10. The molecule has 3 nitrogen and oxygen atoms in total. The van der Waals surface area contributed by atoms with Gasteiger partial charge in [-0.3, -0.25) is 4.79 Å². The van der Waals surface area contributed by atoms with Gasteiger partial charge in [0.1, 0.15) is 5.75 Å². The first-order valence-corrected chi connectivity index (χ1v) is 7.20. The van der Waals surface area contributed by atoms with Crippen LogP contribution in [0.15, 0.2) is 42.5 Å². The van der Waals surface area contributed by atoms with Crippen molar-refractivity contribution in [2.24, 2.45) is 0 Å². The highest BCUT2D eigenvalue weighted by atomic mass is 35.5. The predicted octanol–water partition coefficient (Wildman–Crippen LogP) is 4.00. The van der Waals surface area contributed by atoms with Crippen molar-refractivity contribution in [1.82, 2.24) is 5.32 Å². The number of halogens is 2. The molecule has 0 spiro atoms. The van der Waals surface area contributed by atoms with Crippen LogP contribution in [0.25, 0.3) is 0 Å². The van der Waals surface area contributed by atoms with Crippen LogP contribution in [0, 0.1) is 6.92 Å². The van der Waals surface area contributed by atoms with Crippen LogP contribution in [0.3, 0.4) is 0 Å². The van der Waals surface area contributed by atoms with E-state index in [1.165, 1.54) is 0 Å². The zero-order valence-electron chi connectivity index (χ0n) is 11.5.